The second-order valence-corrected chi connectivity index (χ2v) is 23.6. The topological polar surface area (TPSA) is 8.17 Å². The van der Waals surface area contributed by atoms with Crippen LogP contribution in [0.4, 0.5) is 17.1 Å². The highest BCUT2D eigenvalue weighted by Crippen LogP contribution is 2.43. The lowest BCUT2D eigenvalue weighted by atomic mass is 9.85. The number of unbranched alkanes of at least 4 members (excludes halogenated alkanes) is 6. The molecule has 80 heavy (non-hydrogen) atoms. The number of anilines is 3. The maximum Gasteiger partial charge on any atom is 0.0541 e. The summed E-state index contributed by atoms with van der Waals surface area (Å²) < 4.78 is 4.62. The van der Waals surface area contributed by atoms with Gasteiger partial charge in [-0.2, -0.15) is 0 Å². The zero-order valence-electron chi connectivity index (χ0n) is 46.9. The molecule has 0 N–H and O–H groups in total. The Morgan fingerprint density at radius 2 is 0.812 bits per heavy atom. The van der Waals surface area contributed by atoms with Gasteiger partial charge >= 0.3 is 0 Å². The summed E-state index contributed by atoms with van der Waals surface area (Å²) in [5.41, 5.74) is 25.2. The van der Waals surface area contributed by atoms with E-state index in [1.165, 1.54) is 157 Å². The van der Waals surface area contributed by atoms with E-state index in [4.69, 9.17) is 0 Å². The average Bonchev–Trinajstić information content (AvgIpc) is 3.85. The molecule has 0 spiro atoms. The number of aryl methyl sites for hydroxylation is 4. The van der Waals surface area contributed by atoms with Crippen molar-refractivity contribution in [2.24, 2.45) is 0 Å². The highest BCUT2D eigenvalue weighted by atomic mass is 79.9. The monoisotopic (exact) mass is 1170 g/mol. The van der Waals surface area contributed by atoms with E-state index < -0.39 is 0 Å². The van der Waals surface area contributed by atoms with Gasteiger partial charge in [0.25, 0.3) is 0 Å². The van der Waals surface area contributed by atoms with Crippen molar-refractivity contribution < 1.29 is 0 Å². The van der Waals surface area contributed by atoms with Crippen molar-refractivity contribution in [3.8, 4) is 61.3 Å². The predicted molar refractivity (Wildman–Crippen MR) is 352 cm³/mol. The second kappa shape index (κ2) is 25.5. The van der Waals surface area contributed by atoms with Crippen LogP contribution in [0.5, 0.6) is 0 Å². The predicted octanol–water partition coefficient (Wildman–Crippen LogP) is 23.6. The number of para-hydroxylation sites is 1. The Kier molecular flexibility index (Phi) is 17.4. The van der Waals surface area contributed by atoms with Gasteiger partial charge in [0.1, 0.15) is 0 Å². The van der Waals surface area contributed by atoms with Gasteiger partial charge in [0.05, 0.1) is 11.0 Å². The molecule has 1 heterocycles. The summed E-state index contributed by atoms with van der Waals surface area (Å²) in [6.45, 7) is 9.20. The fraction of sp³-hybridized carbons (Fsp3) is 0.211. The molecule has 0 unspecified atom stereocenters. The lowest BCUT2D eigenvalue weighted by molar-refractivity contribution is 0.664. The van der Waals surface area contributed by atoms with Crippen molar-refractivity contribution in [1.82, 2.24) is 4.57 Å². The quantitative estimate of drug-likeness (QED) is 0.0651. The minimum atomic E-state index is 1.04. The Hall–Kier alpha value is -7.24. The molecule has 11 rings (SSSR count). The highest BCUT2D eigenvalue weighted by Gasteiger charge is 2.20. The Labute approximate surface area is 492 Å². The molecule has 0 aliphatic rings. The molecule has 0 saturated carbocycles. The van der Waals surface area contributed by atoms with Crippen LogP contribution in [-0.2, 0) is 19.3 Å². The largest absolute Gasteiger partial charge is 0.310 e. The van der Waals surface area contributed by atoms with Crippen LogP contribution in [-0.4, -0.2) is 4.57 Å². The van der Waals surface area contributed by atoms with Crippen molar-refractivity contribution in [2.75, 3.05) is 4.90 Å². The maximum atomic E-state index is 3.63. The van der Waals surface area contributed by atoms with E-state index in [0.717, 1.165) is 51.7 Å². The molecular formula is C76H72Br2N2. The Bertz CT molecular complexity index is 3850. The molecule has 0 amide bonds. The van der Waals surface area contributed by atoms with Crippen LogP contribution in [0.15, 0.2) is 227 Å². The SMILES string of the molecule is CCCCCCc1cc(-c2ccc(N(c3ccc(-c4ccc(Br)cc4)cc3)c3ccc(-c4ccc(CCC)cc4)cc3)cc2C)c(CCCCCC)cc1-c1ccc2c(c1)c1ccccc1n2-c1ccc(-c2ccc(Br)cc2)cc1. The molecule has 0 fully saturated rings. The highest BCUT2D eigenvalue weighted by molar-refractivity contribution is 9.10. The molecule has 11 aromatic rings. The van der Waals surface area contributed by atoms with Crippen LogP contribution in [0.1, 0.15) is 101 Å². The molecule has 10 aromatic carbocycles. The van der Waals surface area contributed by atoms with Crippen molar-refractivity contribution in [3.05, 3.63) is 250 Å². The molecule has 2 nitrogen and oxygen atoms in total. The van der Waals surface area contributed by atoms with Gasteiger partial charge in [-0.05, 0) is 208 Å². The first kappa shape index (κ1) is 54.7. The number of aromatic nitrogens is 1. The lowest BCUT2D eigenvalue weighted by Crippen LogP contribution is -2.10. The van der Waals surface area contributed by atoms with Gasteiger partial charge in [-0.3, -0.25) is 0 Å². The third kappa shape index (κ3) is 12.1. The number of rotatable bonds is 21. The van der Waals surface area contributed by atoms with E-state index in [0.29, 0.717) is 0 Å². The first-order valence-electron chi connectivity index (χ1n) is 29.3. The van der Waals surface area contributed by atoms with E-state index >= 15 is 0 Å². The number of fused-ring (bicyclic) bond motifs is 3. The molecule has 0 aliphatic heterocycles. The summed E-state index contributed by atoms with van der Waals surface area (Å²) in [6, 6.07) is 82.1. The number of benzene rings is 10. The smallest absolute Gasteiger partial charge is 0.0541 e. The Morgan fingerprint density at radius 1 is 0.350 bits per heavy atom. The summed E-state index contributed by atoms with van der Waals surface area (Å²) in [5.74, 6) is 0. The van der Waals surface area contributed by atoms with Crippen LogP contribution in [0, 0.1) is 6.92 Å². The number of hydrogen-bond acceptors (Lipinski definition) is 1. The Morgan fingerprint density at radius 3 is 1.35 bits per heavy atom. The molecule has 0 atom stereocenters. The fourth-order valence-electron chi connectivity index (χ4n) is 11.9. The van der Waals surface area contributed by atoms with Crippen molar-refractivity contribution in [1.29, 1.82) is 0 Å². The first-order chi connectivity index (χ1) is 39.3. The van der Waals surface area contributed by atoms with Crippen LogP contribution >= 0.6 is 31.9 Å². The van der Waals surface area contributed by atoms with Gasteiger partial charge in [0, 0.05) is 42.5 Å². The van der Waals surface area contributed by atoms with Crippen LogP contribution in [0.3, 0.4) is 0 Å². The molecular weight excluding hydrogens is 1100 g/mol. The van der Waals surface area contributed by atoms with Crippen molar-refractivity contribution in [3.63, 3.8) is 0 Å². The summed E-state index contributed by atoms with van der Waals surface area (Å²) in [5, 5.41) is 2.57. The number of nitrogens with zero attached hydrogens (tertiary/aromatic N) is 2. The van der Waals surface area contributed by atoms with E-state index in [1.807, 2.05) is 0 Å². The lowest BCUT2D eigenvalue weighted by Gasteiger charge is -2.27. The normalized spacial score (nSPS) is 11.5. The third-order valence-electron chi connectivity index (χ3n) is 16.2. The van der Waals surface area contributed by atoms with Gasteiger partial charge < -0.3 is 9.47 Å². The zero-order valence-corrected chi connectivity index (χ0v) is 50.1. The second-order valence-electron chi connectivity index (χ2n) is 21.8. The minimum absolute atomic E-state index is 1.04. The van der Waals surface area contributed by atoms with Gasteiger partial charge in [-0.1, -0.05) is 225 Å². The minimum Gasteiger partial charge on any atom is -0.310 e. The average molecular weight is 1170 g/mol. The Balaban J connectivity index is 0.992. The van der Waals surface area contributed by atoms with Gasteiger partial charge in [-0.25, -0.2) is 0 Å². The molecule has 0 aliphatic carbocycles. The molecule has 4 heteroatoms. The molecule has 0 bridgehead atoms. The summed E-state index contributed by atoms with van der Waals surface area (Å²) in [4.78, 5) is 2.43. The number of hydrogen-bond donors (Lipinski definition) is 0. The van der Waals surface area contributed by atoms with Gasteiger partial charge in [0.15, 0.2) is 0 Å². The van der Waals surface area contributed by atoms with Gasteiger partial charge in [0.2, 0.25) is 0 Å². The maximum absolute atomic E-state index is 3.63. The van der Waals surface area contributed by atoms with Crippen molar-refractivity contribution >= 4 is 70.7 Å². The van der Waals surface area contributed by atoms with Crippen LogP contribution in [0.25, 0.3) is 83.1 Å². The van der Waals surface area contributed by atoms with Crippen LogP contribution in [0.2, 0.25) is 0 Å². The number of halogens is 2. The van der Waals surface area contributed by atoms with E-state index in [2.05, 4.69) is 287 Å². The summed E-state index contributed by atoms with van der Waals surface area (Å²) in [7, 11) is 0. The van der Waals surface area contributed by atoms with E-state index in [9.17, 15) is 0 Å². The zero-order chi connectivity index (χ0) is 55.0. The van der Waals surface area contributed by atoms with Gasteiger partial charge in [-0.15, -0.1) is 0 Å². The standard InChI is InChI=1S/C76H72Br2N2/c1-5-8-10-12-17-61-51-73(62(18-13-11-9-6-2)50-72(61)63-35-48-76-74(52-63)71-19-14-15-20-75(71)80(76)68-44-33-60(34-45-68)57-27-38-65(78)39-28-57)70-47-46-69(49-53(70)4)79(67-42-31-59(32-43-67)56-25-36-64(77)37-26-56)66-40-29-58(30-41-66)55-23-21-54(16-7-3)22-24-55/h14-15,19-52H,5-13,16-18H2,1-4H3. The molecule has 0 saturated heterocycles. The summed E-state index contributed by atoms with van der Waals surface area (Å²) >= 11 is 7.23. The van der Waals surface area contributed by atoms with E-state index in [1.54, 1.807) is 0 Å². The van der Waals surface area contributed by atoms with Crippen molar-refractivity contribution in [2.45, 2.75) is 105 Å². The first-order valence-corrected chi connectivity index (χ1v) is 30.9. The molecule has 0 radical (unpaired) electrons. The molecule has 1 aromatic heterocycles. The fourth-order valence-corrected chi connectivity index (χ4v) is 12.4. The van der Waals surface area contributed by atoms with E-state index in [-0.39, 0.29) is 0 Å². The molecule has 400 valence electrons. The van der Waals surface area contributed by atoms with Crippen LogP contribution < -0.4 is 4.90 Å². The third-order valence-corrected chi connectivity index (χ3v) is 17.3. The summed E-state index contributed by atoms with van der Waals surface area (Å²) in [6.07, 6.45) is 14.1.